The van der Waals surface area contributed by atoms with Crippen molar-refractivity contribution in [3.63, 3.8) is 0 Å². The molecule has 12 heavy (non-hydrogen) atoms. The van der Waals surface area contributed by atoms with Crippen molar-refractivity contribution in [3.05, 3.63) is 0 Å². The van der Waals surface area contributed by atoms with Crippen LogP contribution in [0, 0.1) is 17.8 Å². The summed E-state index contributed by atoms with van der Waals surface area (Å²) in [6.45, 7) is 14.1. The fourth-order valence-corrected chi connectivity index (χ4v) is 4.12. The van der Waals surface area contributed by atoms with Crippen LogP contribution in [0.25, 0.3) is 0 Å². The molecule has 0 rings (SSSR count). The van der Waals surface area contributed by atoms with E-state index in [9.17, 15) is 0 Å². The van der Waals surface area contributed by atoms with Crippen molar-refractivity contribution in [3.8, 4) is 0 Å². The van der Waals surface area contributed by atoms with Gasteiger partial charge in [-0.1, -0.05) is 41.5 Å². The summed E-state index contributed by atoms with van der Waals surface area (Å²) in [5, 5.41) is 0. The highest BCUT2D eigenvalue weighted by molar-refractivity contribution is 8.00. The minimum Gasteiger partial charge on any atom is -0.158 e. The van der Waals surface area contributed by atoms with Crippen LogP contribution in [0.15, 0.2) is 0 Å². The Labute approximate surface area is 82.5 Å². The Kier molecular flexibility index (Phi) is 4.68. The topological polar surface area (TPSA) is 0 Å². The summed E-state index contributed by atoms with van der Waals surface area (Å²) in [5.74, 6) is 2.27. The first-order chi connectivity index (χ1) is 5.39. The van der Waals surface area contributed by atoms with Gasteiger partial charge in [-0.3, -0.25) is 0 Å². The molecule has 0 spiro atoms. The van der Waals surface area contributed by atoms with Crippen LogP contribution in [-0.4, -0.2) is 11.0 Å². The van der Waals surface area contributed by atoms with E-state index in [0.29, 0.717) is 4.75 Å². The average molecular weight is 188 g/mol. The van der Waals surface area contributed by atoms with Gasteiger partial charge in [-0.15, -0.1) is 0 Å². The van der Waals surface area contributed by atoms with E-state index >= 15 is 0 Å². The number of thioether (sulfide) groups is 1. The summed E-state index contributed by atoms with van der Waals surface area (Å²) in [6, 6.07) is 0. The second-order valence-corrected chi connectivity index (χ2v) is 5.64. The first kappa shape index (κ1) is 12.3. The molecule has 0 atom stereocenters. The predicted molar refractivity (Wildman–Crippen MR) is 60.8 cm³/mol. The maximum absolute atomic E-state index is 2.34. The first-order valence-corrected chi connectivity index (χ1v) is 6.17. The molecular weight excluding hydrogens is 164 g/mol. The molecule has 0 saturated heterocycles. The van der Waals surface area contributed by atoms with Crippen molar-refractivity contribution in [1.82, 2.24) is 0 Å². The maximum atomic E-state index is 2.34. The van der Waals surface area contributed by atoms with Gasteiger partial charge in [0.1, 0.15) is 0 Å². The Morgan fingerprint density at radius 1 is 0.750 bits per heavy atom. The van der Waals surface area contributed by atoms with Gasteiger partial charge in [0.05, 0.1) is 0 Å². The number of rotatable bonds is 4. The van der Waals surface area contributed by atoms with E-state index in [0.717, 1.165) is 17.8 Å². The summed E-state index contributed by atoms with van der Waals surface area (Å²) in [6.07, 6.45) is 2.25. The Bertz CT molecular complexity index is 103. The number of hydrogen-bond donors (Lipinski definition) is 0. The molecule has 0 aliphatic carbocycles. The molecule has 0 heterocycles. The molecule has 0 fully saturated rings. The van der Waals surface area contributed by atoms with E-state index in [1.807, 2.05) is 11.8 Å². The minimum atomic E-state index is 0.458. The molecule has 0 radical (unpaired) electrons. The Morgan fingerprint density at radius 3 is 1.00 bits per heavy atom. The lowest BCUT2D eigenvalue weighted by molar-refractivity contribution is 0.257. The molecule has 1 heteroatoms. The minimum absolute atomic E-state index is 0.458. The van der Waals surface area contributed by atoms with Crippen molar-refractivity contribution >= 4 is 11.8 Å². The van der Waals surface area contributed by atoms with E-state index in [2.05, 4.69) is 47.8 Å². The van der Waals surface area contributed by atoms with Crippen LogP contribution in [-0.2, 0) is 0 Å². The molecule has 0 N–H and O–H groups in total. The third-order valence-corrected chi connectivity index (χ3v) is 5.18. The van der Waals surface area contributed by atoms with Gasteiger partial charge in [0.25, 0.3) is 0 Å². The molecule has 0 aromatic carbocycles. The molecule has 74 valence electrons. The Hall–Kier alpha value is 0.350. The van der Waals surface area contributed by atoms with Gasteiger partial charge >= 0.3 is 0 Å². The lowest BCUT2D eigenvalue weighted by Gasteiger charge is -2.43. The van der Waals surface area contributed by atoms with Crippen LogP contribution in [0.1, 0.15) is 41.5 Å². The monoisotopic (exact) mass is 188 g/mol. The van der Waals surface area contributed by atoms with Crippen molar-refractivity contribution < 1.29 is 0 Å². The van der Waals surface area contributed by atoms with Crippen LogP contribution in [0.3, 0.4) is 0 Å². The fourth-order valence-electron chi connectivity index (χ4n) is 2.71. The van der Waals surface area contributed by atoms with Gasteiger partial charge in [0.2, 0.25) is 0 Å². The zero-order valence-corrected chi connectivity index (χ0v) is 10.5. The quantitative estimate of drug-likeness (QED) is 0.641. The van der Waals surface area contributed by atoms with Crippen molar-refractivity contribution in [2.75, 3.05) is 6.26 Å². The standard InChI is InChI=1S/C11H24S/c1-8(2)11(12-7,9(3)4)10(5)6/h8-10H,1-7H3. The van der Waals surface area contributed by atoms with Crippen LogP contribution in [0.2, 0.25) is 0 Å². The maximum Gasteiger partial charge on any atom is 0.0226 e. The lowest BCUT2D eigenvalue weighted by Crippen LogP contribution is -2.42. The van der Waals surface area contributed by atoms with Crippen molar-refractivity contribution in [1.29, 1.82) is 0 Å². The van der Waals surface area contributed by atoms with Gasteiger partial charge in [0, 0.05) is 4.75 Å². The van der Waals surface area contributed by atoms with Gasteiger partial charge in [-0.25, -0.2) is 0 Å². The molecule has 0 amide bonds. The number of hydrogen-bond acceptors (Lipinski definition) is 1. The third-order valence-electron chi connectivity index (χ3n) is 3.06. The highest BCUT2D eigenvalue weighted by Crippen LogP contribution is 2.44. The summed E-state index contributed by atoms with van der Waals surface area (Å²) >= 11 is 2.04. The van der Waals surface area contributed by atoms with Crippen LogP contribution >= 0.6 is 11.8 Å². The third kappa shape index (κ3) is 1.99. The van der Waals surface area contributed by atoms with Crippen LogP contribution in [0.4, 0.5) is 0 Å². The van der Waals surface area contributed by atoms with Gasteiger partial charge in [0.15, 0.2) is 0 Å². The average Bonchev–Trinajstić information content (AvgIpc) is 1.86. The first-order valence-electron chi connectivity index (χ1n) is 4.94. The fraction of sp³-hybridized carbons (Fsp3) is 1.00. The zero-order chi connectivity index (χ0) is 9.94. The van der Waals surface area contributed by atoms with Gasteiger partial charge < -0.3 is 0 Å². The van der Waals surface area contributed by atoms with Crippen molar-refractivity contribution in [2.45, 2.75) is 46.3 Å². The molecule has 0 aliphatic heterocycles. The molecule has 0 aliphatic rings. The molecule has 0 nitrogen and oxygen atoms in total. The van der Waals surface area contributed by atoms with E-state index in [1.165, 1.54) is 0 Å². The lowest BCUT2D eigenvalue weighted by atomic mass is 9.76. The van der Waals surface area contributed by atoms with Crippen molar-refractivity contribution in [2.24, 2.45) is 17.8 Å². The Balaban J connectivity index is 4.77. The largest absolute Gasteiger partial charge is 0.158 e. The Morgan fingerprint density at radius 2 is 1.00 bits per heavy atom. The molecule has 0 aromatic heterocycles. The zero-order valence-electron chi connectivity index (χ0n) is 9.64. The predicted octanol–water partition coefficient (Wildman–Crippen LogP) is 4.06. The second kappa shape index (κ2) is 4.55. The summed E-state index contributed by atoms with van der Waals surface area (Å²) in [7, 11) is 0. The second-order valence-electron chi connectivity index (χ2n) is 4.52. The van der Waals surface area contributed by atoms with Crippen LogP contribution in [0.5, 0.6) is 0 Å². The molecule has 0 aromatic rings. The highest BCUT2D eigenvalue weighted by atomic mass is 32.2. The molecular formula is C11H24S. The normalized spacial score (nSPS) is 13.5. The smallest absolute Gasteiger partial charge is 0.0226 e. The van der Waals surface area contributed by atoms with Gasteiger partial charge in [-0.05, 0) is 24.0 Å². The van der Waals surface area contributed by atoms with Crippen LogP contribution < -0.4 is 0 Å². The summed E-state index contributed by atoms with van der Waals surface area (Å²) < 4.78 is 0.458. The SMILES string of the molecule is CSC(C(C)C)(C(C)C)C(C)C. The highest BCUT2D eigenvalue weighted by Gasteiger charge is 2.38. The van der Waals surface area contributed by atoms with E-state index in [4.69, 9.17) is 0 Å². The van der Waals surface area contributed by atoms with E-state index < -0.39 is 0 Å². The molecule has 0 saturated carbocycles. The van der Waals surface area contributed by atoms with E-state index in [1.54, 1.807) is 0 Å². The molecule has 0 bridgehead atoms. The summed E-state index contributed by atoms with van der Waals surface area (Å²) in [5.41, 5.74) is 0. The van der Waals surface area contributed by atoms with Gasteiger partial charge in [-0.2, -0.15) is 11.8 Å². The van der Waals surface area contributed by atoms with E-state index in [-0.39, 0.29) is 0 Å². The summed E-state index contributed by atoms with van der Waals surface area (Å²) in [4.78, 5) is 0. The molecule has 0 unspecified atom stereocenters.